The largest absolute Gasteiger partial charge is 0.481 e. The molecule has 0 fully saturated rings. The fourth-order valence-corrected chi connectivity index (χ4v) is 1.67. The van der Waals surface area contributed by atoms with Gasteiger partial charge in [-0.1, -0.05) is 18.2 Å². The Morgan fingerprint density at radius 1 is 1.10 bits per heavy atom. The van der Waals surface area contributed by atoms with E-state index in [1.807, 2.05) is 0 Å². The molecule has 0 aliphatic heterocycles. The van der Waals surface area contributed by atoms with Gasteiger partial charge in [0.2, 0.25) is 11.8 Å². The number of carboxylic acid groups (broad SMARTS) is 1. The third-order valence-corrected chi connectivity index (χ3v) is 2.72. The van der Waals surface area contributed by atoms with Gasteiger partial charge in [-0.2, -0.15) is 0 Å². The van der Waals surface area contributed by atoms with Crippen LogP contribution in [0.1, 0.15) is 24.8 Å². The van der Waals surface area contributed by atoms with Crippen LogP contribution in [-0.2, 0) is 20.8 Å². The Hall–Kier alpha value is -2.37. The maximum atomic E-state index is 11.7. The minimum absolute atomic E-state index is 0.0344. The summed E-state index contributed by atoms with van der Waals surface area (Å²) < 4.78 is 0. The second kappa shape index (κ2) is 7.93. The van der Waals surface area contributed by atoms with Crippen molar-refractivity contribution in [3.8, 4) is 0 Å². The number of aliphatic carboxylic acids is 1. The summed E-state index contributed by atoms with van der Waals surface area (Å²) in [5, 5.41) is 13.7. The van der Waals surface area contributed by atoms with Gasteiger partial charge in [0.05, 0.1) is 6.42 Å². The molecule has 2 amide bonds. The van der Waals surface area contributed by atoms with Crippen LogP contribution in [0.25, 0.3) is 0 Å². The summed E-state index contributed by atoms with van der Waals surface area (Å²) in [4.78, 5) is 33.4. The molecular formula is C14H18N2O4. The van der Waals surface area contributed by atoms with Crippen LogP contribution in [0.15, 0.2) is 24.3 Å². The van der Waals surface area contributed by atoms with Gasteiger partial charge in [0, 0.05) is 25.6 Å². The third kappa shape index (κ3) is 5.51. The van der Waals surface area contributed by atoms with E-state index in [4.69, 9.17) is 5.11 Å². The van der Waals surface area contributed by atoms with Gasteiger partial charge in [0.1, 0.15) is 0 Å². The summed E-state index contributed by atoms with van der Waals surface area (Å²) in [5.74, 6) is -1.31. The summed E-state index contributed by atoms with van der Waals surface area (Å²) in [5.41, 5.74) is 1.30. The number of nitrogens with one attached hydrogen (secondary N) is 2. The minimum Gasteiger partial charge on any atom is -0.481 e. The maximum Gasteiger partial charge on any atom is 0.303 e. The van der Waals surface area contributed by atoms with Gasteiger partial charge in [-0.15, -0.1) is 0 Å². The van der Waals surface area contributed by atoms with Crippen LogP contribution in [0.3, 0.4) is 0 Å². The van der Waals surface area contributed by atoms with Gasteiger partial charge in [0.15, 0.2) is 0 Å². The molecule has 0 saturated heterocycles. The van der Waals surface area contributed by atoms with Crippen LogP contribution in [0.2, 0.25) is 0 Å². The number of hydrogen-bond acceptors (Lipinski definition) is 3. The van der Waals surface area contributed by atoms with Gasteiger partial charge < -0.3 is 15.7 Å². The highest BCUT2D eigenvalue weighted by atomic mass is 16.4. The molecule has 0 unspecified atom stereocenters. The quantitative estimate of drug-likeness (QED) is 0.697. The number of anilines is 1. The van der Waals surface area contributed by atoms with E-state index in [-0.39, 0.29) is 31.1 Å². The molecule has 0 aromatic heterocycles. The molecule has 0 spiro atoms. The molecule has 0 bridgehead atoms. The van der Waals surface area contributed by atoms with Crippen molar-refractivity contribution >= 4 is 23.5 Å². The molecule has 0 saturated carbocycles. The van der Waals surface area contributed by atoms with E-state index < -0.39 is 5.97 Å². The van der Waals surface area contributed by atoms with E-state index in [9.17, 15) is 14.4 Å². The Morgan fingerprint density at radius 3 is 2.45 bits per heavy atom. The molecule has 1 aromatic rings. The summed E-state index contributed by atoms with van der Waals surface area (Å²) in [7, 11) is 1.55. The smallest absolute Gasteiger partial charge is 0.303 e. The van der Waals surface area contributed by atoms with Crippen molar-refractivity contribution < 1.29 is 19.5 Å². The molecule has 0 heterocycles. The van der Waals surface area contributed by atoms with Crippen molar-refractivity contribution in [1.82, 2.24) is 5.32 Å². The second-order valence-electron chi connectivity index (χ2n) is 4.30. The normalized spacial score (nSPS) is 9.85. The monoisotopic (exact) mass is 278 g/mol. The van der Waals surface area contributed by atoms with E-state index in [1.54, 1.807) is 31.3 Å². The number of amides is 2. The lowest BCUT2D eigenvalue weighted by atomic mass is 10.1. The highest BCUT2D eigenvalue weighted by Crippen LogP contribution is 2.16. The average molecular weight is 278 g/mol. The van der Waals surface area contributed by atoms with Crippen molar-refractivity contribution in [2.24, 2.45) is 0 Å². The molecule has 20 heavy (non-hydrogen) atoms. The minimum atomic E-state index is -0.919. The Balaban J connectivity index is 2.60. The highest BCUT2D eigenvalue weighted by Gasteiger charge is 2.09. The first-order chi connectivity index (χ1) is 9.52. The number of rotatable bonds is 7. The van der Waals surface area contributed by atoms with Gasteiger partial charge in [-0.3, -0.25) is 14.4 Å². The summed E-state index contributed by atoms with van der Waals surface area (Å²) >= 11 is 0. The lowest BCUT2D eigenvalue weighted by Gasteiger charge is -2.10. The fourth-order valence-electron chi connectivity index (χ4n) is 1.67. The van der Waals surface area contributed by atoms with E-state index in [0.29, 0.717) is 12.1 Å². The lowest BCUT2D eigenvalue weighted by Crippen LogP contribution is -2.21. The standard InChI is InChI=1S/C14H18N2O4/c1-15-13(18)9-10-5-2-3-6-11(10)16-12(17)7-4-8-14(19)20/h2-3,5-6H,4,7-9H2,1H3,(H,15,18)(H,16,17)(H,19,20). The first-order valence-corrected chi connectivity index (χ1v) is 6.33. The fraction of sp³-hybridized carbons (Fsp3) is 0.357. The number of para-hydroxylation sites is 1. The van der Waals surface area contributed by atoms with Crippen LogP contribution in [0, 0.1) is 0 Å². The Bertz CT molecular complexity index is 500. The summed E-state index contributed by atoms with van der Waals surface area (Å²) in [6.45, 7) is 0. The zero-order valence-corrected chi connectivity index (χ0v) is 11.3. The molecule has 3 N–H and O–H groups in total. The SMILES string of the molecule is CNC(=O)Cc1ccccc1NC(=O)CCCC(=O)O. The Morgan fingerprint density at radius 2 is 1.80 bits per heavy atom. The van der Waals surface area contributed by atoms with Crippen molar-refractivity contribution in [2.75, 3.05) is 12.4 Å². The predicted molar refractivity (Wildman–Crippen MR) is 74.3 cm³/mol. The van der Waals surface area contributed by atoms with Crippen LogP contribution >= 0.6 is 0 Å². The molecule has 6 nitrogen and oxygen atoms in total. The molecule has 0 aliphatic rings. The zero-order chi connectivity index (χ0) is 15.0. The van der Waals surface area contributed by atoms with E-state index in [0.717, 1.165) is 5.56 Å². The Kier molecular flexibility index (Phi) is 6.22. The number of carbonyl (C=O) groups excluding carboxylic acids is 2. The molecule has 0 radical (unpaired) electrons. The third-order valence-electron chi connectivity index (χ3n) is 2.72. The van der Waals surface area contributed by atoms with Crippen LogP contribution in [-0.4, -0.2) is 29.9 Å². The van der Waals surface area contributed by atoms with Crippen molar-refractivity contribution in [3.05, 3.63) is 29.8 Å². The molecule has 6 heteroatoms. The van der Waals surface area contributed by atoms with Crippen LogP contribution < -0.4 is 10.6 Å². The first kappa shape index (κ1) is 15.7. The van der Waals surface area contributed by atoms with Crippen molar-refractivity contribution in [1.29, 1.82) is 0 Å². The van der Waals surface area contributed by atoms with Gasteiger partial charge in [0.25, 0.3) is 0 Å². The van der Waals surface area contributed by atoms with Crippen LogP contribution in [0.4, 0.5) is 5.69 Å². The molecule has 0 atom stereocenters. The molecule has 0 aliphatic carbocycles. The van der Waals surface area contributed by atoms with E-state index in [1.165, 1.54) is 0 Å². The van der Waals surface area contributed by atoms with E-state index in [2.05, 4.69) is 10.6 Å². The van der Waals surface area contributed by atoms with Gasteiger partial charge in [-0.25, -0.2) is 0 Å². The summed E-state index contributed by atoms with van der Waals surface area (Å²) in [6.07, 6.45) is 0.578. The Labute approximate surface area is 117 Å². The number of carboxylic acids is 1. The van der Waals surface area contributed by atoms with Gasteiger partial charge >= 0.3 is 5.97 Å². The molecule has 1 aromatic carbocycles. The maximum absolute atomic E-state index is 11.7. The number of likely N-dealkylation sites (N-methyl/N-ethyl adjacent to an activating group) is 1. The predicted octanol–water partition coefficient (Wildman–Crippen LogP) is 1.17. The van der Waals surface area contributed by atoms with E-state index >= 15 is 0 Å². The topological polar surface area (TPSA) is 95.5 Å². The second-order valence-corrected chi connectivity index (χ2v) is 4.30. The number of benzene rings is 1. The van der Waals surface area contributed by atoms with Crippen molar-refractivity contribution in [2.45, 2.75) is 25.7 Å². The van der Waals surface area contributed by atoms with Gasteiger partial charge in [-0.05, 0) is 18.1 Å². The number of hydrogen-bond donors (Lipinski definition) is 3. The zero-order valence-electron chi connectivity index (χ0n) is 11.3. The lowest BCUT2D eigenvalue weighted by molar-refractivity contribution is -0.137. The highest BCUT2D eigenvalue weighted by molar-refractivity contribution is 5.92. The summed E-state index contributed by atoms with van der Waals surface area (Å²) in [6, 6.07) is 7.04. The number of carbonyl (C=O) groups is 3. The first-order valence-electron chi connectivity index (χ1n) is 6.33. The molecule has 1 rings (SSSR count). The molecule has 108 valence electrons. The average Bonchev–Trinajstić information content (AvgIpc) is 2.40. The van der Waals surface area contributed by atoms with Crippen molar-refractivity contribution in [3.63, 3.8) is 0 Å². The molecular weight excluding hydrogens is 260 g/mol. The van der Waals surface area contributed by atoms with Crippen LogP contribution in [0.5, 0.6) is 0 Å².